The maximum atomic E-state index is 11.5. The lowest BCUT2D eigenvalue weighted by molar-refractivity contribution is 0.428. The molecule has 0 aromatic heterocycles. The van der Waals surface area contributed by atoms with Crippen molar-refractivity contribution < 1.29 is 25.9 Å². The number of rotatable bonds is 15. The van der Waals surface area contributed by atoms with Crippen molar-refractivity contribution in [2.75, 3.05) is 0 Å². The Morgan fingerprint density at radius 1 is 0.583 bits per heavy atom. The van der Waals surface area contributed by atoms with Crippen LogP contribution in [-0.4, -0.2) is 36.4 Å². The highest BCUT2D eigenvalue weighted by molar-refractivity contribution is 7.86. The molecule has 0 aromatic carbocycles. The Morgan fingerprint density at radius 3 is 1.42 bits per heavy atom. The maximum Gasteiger partial charge on any atom is 0.267 e. The predicted molar refractivity (Wildman–Crippen MR) is 97.4 cm³/mol. The van der Waals surface area contributed by atoms with Crippen LogP contribution in [0.5, 0.6) is 0 Å². The molecule has 0 rings (SSSR count). The van der Waals surface area contributed by atoms with Gasteiger partial charge in [-0.3, -0.25) is 9.11 Å². The highest BCUT2D eigenvalue weighted by atomic mass is 32.2. The summed E-state index contributed by atoms with van der Waals surface area (Å²) in [5, 5.41) is -1.91. The molecule has 2 N–H and O–H groups in total. The average Bonchev–Trinajstić information content (AvgIpc) is 2.45. The Hall–Kier alpha value is -0.180. The number of hydrogen-bond acceptors (Lipinski definition) is 4. The van der Waals surface area contributed by atoms with Crippen LogP contribution in [0.1, 0.15) is 90.9 Å². The molecule has 146 valence electrons. The minimum atomic E-state index is -4.20. The quantitative estimate of drug-likeness (QED) is 0.322. The van der Waals surface area contributed by atoms with Crippen LogP contribution in [0.25, 0.3) is 0 Å². The van der Waals surface area contributed by atoms with Gasteiger partial charge < -0.3 is 0 Å². The summed E-state index contributed by atoms with van der Waals surface area (Å²) in [6, 6.07) is 0. The van der Waals surface area contributed by atoms with E-state index in [1.165, 1.54) is 19.3 Å². The van der Waals surface area contributed by atoms with E-state index in [1.54, 1.807) is 6.92 Å². The van der Waals surface area contributed by atoms with Crippen molar-refractivity contribution in [1.29, 1.82) is 0 Å². The van der Waals surface area contributed by atoms with Crippen LogP contribution in [-0.2, 0) is 20.2 Å². The largest absolute Gasteiger partial charge is 0.285 e. The summed E-state index contributed by atoms with van der Waals surface area (Å²) in [4.78, 5) is 0. The molecule has 0 saturated heterocycles. The van der Waals surface area contributed by atoms with Gasteiger partial charge in [0, 0.05) is 0 Å². The zero-order valence-corrected chi connectivity index (χ0v) is 16.6. The summed E-state index contributed by atoms with van der Waals surface area (Å²) < 4.78 is 64.2. The van der Waals surface area contributed by atoms with Crippen LogP contribution in [0, 0.1) is 0 Å². The van der Waals surface area contributed by atoms with Crippen molar-refractivity contribution >= 4 is 20.2 Å². The number of hydrogen-bond donors (Lipinski definition) is 2. The van der Waals surface area contributed by atoms with Gasteiger partial charge in [0.1, 0.15) is 0 Å². The van der Waals surface area contributed by atoms with E-state index < -0.39 is 30.7 Å². The van der Waals surface area contributed by atoms with Gasteiger partial charge in [-0.1, -0.05) is 65.2 Å². The Bertz CT molecular complexity index is 513. The average molecular weight is 387 g/mol. The summed E-state index contributed by atoms with van der Waals surface area (Å²) in [6.07, 6.45) is 8.66. The molecule has 2 atom stereocenters. The van der Waals surface area contributed by atoms with Crippen molar-refractivity contribution in [3.05, 3.63) is 0 Å². The topological polar surface area (TPSA) is 109 Å². The van der Waals surface area contributed by atoms with Crippen LogP contribution in [0.4, 0.5) is 0 Å². The first-order chi connectivity index (χ1) is 11.1. The Morgan fingerprint density at radius 2 is 1.00 bits per heavy atom. The van der Waals surface area contributed by atoms with E-state index in [9.17, 15) is 25.9 Å². The van der Waals surface area contributed by atoms with Gasteiger partial charge in [-0.05, 0) is 25.7 Å². The lowest BCUT2D eigenvalue weighted by Gasteiger charge is -2.17. The molecule has 0 aliphatic rings. The predicted octanol–water partition coefficient (Wildman–Crippen LogP) is 4.22. The normalized spacial score (nSPS) is 15.3. The molecule has 0 bridgehead atoms. The standard InChI is InChI=1S/C16H34O6S2/c1-3-5-6-7-8-9-10-12-16(24(20,21)22)14-13-15(11-4-2)23(17,18)19/h15-16H,3-14H2,1-2H3,(H,17,18,19)(H,20,21,22). The van der Waals surface area contributed by atoms with Gasteiger partial charge in [-0.15, -0.1) is 0 Å². The first-order valence-electron chi connectivity index (χ1n) is 9.05. The maximum absolute atomic E-state index is 11.5. The third kappa shape index (κ3) is 11.4. The molecule has 2 unspecified atom stereocenters. The van der Waals surface area contributed by atoms with Crippen LogP contribution in [0.15, 0.2) is 0 Å². The molecular formula is C16H34O6S2. The van der Waals surface area contributed by atoms with Gasteiger partial charge in [0.2, 0.25) is 0 Å². The van der Waals surface area contributed by atoms with Gasteiger partial charge >= 0.3 is 0 Å². The van der Waals surface area contributed by atoms with Crippen molar-refractivity contribution in [3.8, 4) is 0 Å². The second-order valence-corrected chi connectivity index (χ2v) is 9.94. The smallest absolute Gasteiger partial charge is 0.267 e. The first-order valence-corrected chi connectivity index (χ1v) is 12.1. The summed E-state index contributed by atoms with van der Waals surface area (Å²) in [5.41, 5.74) is 0. The third-order valence-electron chi connectivity index (χ3n) is 4.39. The van der Waals surface area contributed by atoms with Gasteiger partial charge in [0.05, 0.1) is 10.5 Å². The van der Waals surface area contributed by atoms with Crippen LogP contribution in [0.3, 0.4) is 0 Å². The molecule has 0 fully saturated rings. The van der Waals surface area contributed by atoms with E-state index in [1.807, 2.05) is 0 Å². The molecular weight excluding hydrogens is 352 g/mol. The lowest BCUT2D eigenvalue weighted by atomic mass is 10.0. The second-order valence-electron chi connectivity index (χ2n) is 6.55. The molecule has 0 aromatic rings. The zero-order valence-electron chi connectivity index (χ0n) is 15.0. The Balaban J connectivity index is 4.38. The van der Waals surface area contributed by atoms with E-state index in [0.717, 1.165) is 19.3 Å². The minimum absolute atomic E-state index is 0.0492. The Labute approximate surface area is 147 Å². The van der Waals surface area contributed by atoms with Gasteiger partial charge in [-0.2, -0.15) is 16.8 Å². The summed E-state index contributed by atoms with van der Waals surface area (Å²) in [7, 11) is -8.38. The van der Waals surface area contributed by atoms with E-state index in [-0.39, 0.29) is 19.3 Å². The highest BCUT2D eigenvalue weighted by Crippen LogP contribution is 2.21. The van der Waals surface area contributed by atoms with Gasteiger partial charge in [0.25, 0.3) is 20.2 Å². The molecule has 6 nitrogen and oxygen atoms in total. The third-order valence-corrected chi connectivity index (χ3v) is 7.02. The lowest BCUT2D eigenvalue weighted by Crippen LogP contribution is -2.26. The van der Waals surface area contributed by atoms with Gasteiger partial charge in [0.15, 0.2) is 0 Å². The van der Waals surface area contributed by atoms with Crippen molar-refractivity contribution in [1.82, 2.24) is 0 Å². The van der Waals surface area contributed by atoms with Crippen molar-refractivity contribution in [2.24, 2.45) is 0 Å². The molecule has 8 heteroatoms. The molecule has 0 radical (unpaired) electrons. The second kappa shape index (κ2) is 12.2. The summed E-state index contributed by atoms with van der Waals surface area (Å²) >= 11 is 0. The first kappa shape index (κ1) is 23.8. The summed E-state index contributed by atoms with van der Waals surface area (Å²) in [6.45, 7) is 3.95. The molecule has 0 amide bonds. The molecule has 0 spiro atoms. The molecule has 24 heavy (non-hydrogen) atoms. The van der Waals surface area contributed by atoms with E-state index in [0.29, 0.717) is 19.3 Å². The van der Waals surface area contributed by atoms with E-state index in [2.05, 4.69) is 6.92 Å². The van der Waals surface area contributed by atoms with Crippen LogP contribution < -0.4 is 0 Å². The SMILES string of the molecule is CCCCCCCCCC(CCC(CCC)S(=O)(=O)O)S(=O)(=O)O. The fourth-order valence-electron chi connectivity index (χ4n) is 2.91. The van der Waals surface area contributed by atoms with E-state index in [4.69, 9.17) is 0 Å². The Kier molecular flexibility index (Phi) is 12.1. The molecule has 0 saturated carbocycles. The number of unbranched alkanes of at least 4 members (excludes halogenated alkanes) is 6. The van der Waals surface area contributed by atoms with Crippen LogP contribution >= 0.6 is 0 Å². The minimum Gasteiger partial charge on any atom is -0.285 e. The summed E-state index contributed by atoms with van der Waals surface area (Å²) in [5.74, 6) is 0. The molecule has 0 aliphatic carbocycles. The van der Waals surface area contributed by atoms with Crippen molar-refractivity contribution in [3.63, 3.8) is 0 Å². The van der Waals surface area contributed by atoms with E-state index >= 15 is 0 Å². The highest BCUT2D eigenvalue weighted by Gasteiger charge is 2.28. The van der Waals surface area contributed by atoms with Crippen LogP contribution in [0.2, 0.25) is 0 Å². The zero-order chi connectivity index (χ0) is 18.6. The monoisotopic (exact) mass is 386 g/mol. The fraction of sp³-hybridized carbons (Fsp3) is 1.00. The molecule has 0 heterocycles. The van der Waals surface area contributed by atoms with Crippen molar-refractivity contribution in [2.45, 2.75) is 101 Å². The fourth-order valence-corrected chi connectivity index (χ4v) is 4.77. The van der Waals surface area contributed by atoms with Gasteiger partial charge in [-0.25, -0.2) is 0 Å². The molecule has 0 aliphatic heterocycles.